The topological polar surface area (TPSA) is 52.6 Å². The SMILES string of the molecule is O=C(NC[C@@H]1CCCS1)N1CCc2ccccc2[C@H]1CO. The molecule has 0 saturated carbocycles. The molecule has 2 aliphatic rings. The molecule has 4 nitrogen and oxygen atoms in total. The van der Waals surface area contributed by atoms with Gasteiger partial charge in [-0.2, -0.15) is 11.8 Å². The van der Waals surface area contributed by atoms with Crippen LogP contribution in [0, 0.1) is 0 Å². The van der Waals surface area contributed by atoms with Crippen molar-refractivity contribution in [2.24, 2.45) is 0 Å². The Morgan fingerprint density at radius 2 is 2.29 bits per heavy atom. The van der Waals surface area contributed by atoms with Crippen molar-refractivity contribution in [3.8, 4) is 0 Å². The second-order valence-electron chi connectivity index (χ2n) is 5.66. The van der Waals surface area contributed by atoms with E-state index in [1.54, 1.807) is 4.90 Å². The van der Waals surface area contributed by atoms with E-state index in [0.717, 1.165) is 18.5 Å². The van der Waals surface area contributed by atoms with Crippen molar-refractivity contribution in [3.05, 3.63) is 35.4 Å². The van der Waals surface area contributed by atoms with Crippen LogP contribution >= 0.6 is 11.8 Å². The van der Waals surface area contributed by atoms with Gasteiger partial charge in [-0.05, 0) is 36.1 Å². The molecule has 1 fully saturated rings. The normalized spacial score (nSPS) is 24.7. The lowest BCUT2D eigenvalue weighted by Gasteiger charge is -2.36. The van der Waals surface area contributed by atoms with Crippen LogP contribution in [-0.2, 0) is 6.42 Å². The number of fused-ring (bicyclic) bond motifs is 1. The van der Waals surface area contributed by atoms with Crippen molar-refractivity contribution in [1.29, 1.82) is 0 Å². The van der Waals surface area contributed by atoms with E-state index >= 15 is 0 Å². The molecule has 21 heavy (non-hydrogen) atoms. The average Bonchev–Trinajstić information content (AvgIpc) is 3.04. The first-order valence-corrected chi connectivity index (χ1v) is 8.69. The number of aliphatic hydroxyl groups excluding tert-OH is 1. The summed E-state index contributed by atoms with van der Waals surface area (Å²) in [6.45, 7) is 1.38. The van der Waals surface area contributed by atoms with Crippen LogP contribution in [0.4, 0.5) is 4.79 Å². The maximum atomic E-state index is 12.4. The Bertz CT molecular complexity index is 503. The highest BCUT2D eigenvalue weighted by atomic mass is 32.2. The van der Waals surface area contributed by atoms with Gasteiger partial charge in [0.25, 0.3) is 0 Å². The van der Waals surface area contributed by atoms with E-state index in [-0.39, 0.29) is 18.7 Å². The fourth-order valence-corrected chi connectivity index (χ4v) is 4.40. The summed E-state index contributed by atoms with van der Waals surface area (Å²) >= 11 is 1.94. The van der Waals surface area contributed by atoms with E-state index in [1.165, 1.54) is 24.2 Å². The molecule has 3 rings (SSSR count). The molecule has 0 spiro atoms. The fourth-order valence-electron chi connectivity index (χ4n) is 3.20. The first kappa shape index (κ1) is 14.7. The van der Waals surface area contributed by atoms with Gasteiger partial charge in [0.1, 0.15) is 0 Å². The van der Waals surface area contributed by atoms with Crippen molar-refractivity contribution in [1.82, 2.24) is 10.2 Å². The molecule has 0 unspecified atom stereocenters. The van der Waals surface area contributed by atoms with Gasteiger partial charge in [0.2, 0.25) is 0 Å². The number of thioether (sulfide) groups is 1. The number of benzene rings is 1. The summed E-state index contributed by atoms with van der Waals surface area (Å²) in [5, 5.41) is 13.3. The molecule has 2 amide bonds. The molecule has 1 aromatic rings. The Hall–Kier alpha value is -1.20. The summed E-state index contributed by atoms with van der Waals surface area (Å²) < 4.78 is 0. The van der Waals surface area contributed by atoms with E-state index in [0.29, 0.717) is 11.8 Å². The molecule has 2 heterocycles. The average molecular weight is 306 g/mol. The van der Waals surface area contributed by atoms with Crippen molar-refractivity contribution in [2.45, 2.75) is 30.6 Å². The molecular weight excluding hydrogens is 284 g/mol. The number of carbonyl (C=O) groups excluding carboxylic acids is 1. The number of carbonyl (C=O) groups is 1. The zero-order chi connectivity index (χ0) is 14.7. The highest BCUT2D eigenvalue weighted by Gasteiger charge is 2.30. The summed E-state index contributed by atoms with van der Waals surface area (Å²) in [5.41, 5.74) is 2.32. The van der Waals surface area contributed by atoms with Crippen LogP contribution in [0.5, 0.6) is 0 Å². The van der Waals surface area contributed by atoms with E-state index < -0.39 is 0 Å². The Labute approximate surface area is 129 Å². The summed E-state index contributed by atoms with van der Waals surface area (Å²) in [6, 6.07) is 7.82. The molecular formula is C16H22N2O2S. The number of urea groups is 1. The van der Waals surface area contributed by atoms with Gasteiger partial charge in [-0.3, -0.25) is 0 Å². The standard InChI is InChI=1S/C16H22N2O2S/c19-11-15-14-6-2-1-4-12(14)7-8-18(15)16(20)17-10-13-5-3-9-21-13/h1-2,4,6,13,15,19H,3,5,7-11H2,(H,17,20)/t13-,15+/m0/s1. The second kappa shape index (κ2) is 6.71. The molecule has 0 aromatic heterocycles. The number of nitrogens with one attached hydrogen (secondary N) is 1. The molecule has 0 aliphatic carbocycles. The van der Waals surface area contributed by atoms with Gasteiger partial charge in [-0.25, -0.2) is 4.79 Å². The van der Waals surface area contributed by atoms with Crippen LogP contribution < -0.4 is 5.32 Å². The highest BCUT2D eigenvalue weighted by Crippen LogP contribution is 2.29. The maximum Gasteiger partial charge on any atom is 0.318 e. The monoisotopic (exact) mass is 306 g/mol. The minimum atomic E-state index is -0.216. The minimum Gasteiger partial charge on any atom is -0.394 e. The zero-order valence-electron chi connectivity index (χ0n) is 12.1. The van der Waals surface area contributed by atoms with Crippen LogP contribution in [0.1, 0.15) is 30.0 Å². The van der Waals surface area contributed by atoms with Gasteiger partial charge >= 0.3 is 6.03 Å². The van der Waals surface area contributed by atoms with Crippen molar-refractivity contribution in [2.75, 3.05) is 25.4 Å². The van der Waals surface area contributed by atoms with Crippen LogP contribution in [0.3, 0.4) is 0 Å². The summed E-state index contributed by atoms with van der Waals surface area (Å²) in [5.74, 6) is 1.21. The second-order valence-corrected chi connectivity index (χ2v) is 7.07. The van der Waals surface area contributed by atoms with E-state index in [9.17, 15) is 9.90 Å². The largest absolute Gasteiger partial charge is 0.394 e. The van der Waals surface area contributed by atoms with Crippen LogP contribution in [-0.4, -0.2) is 46.7 Å². The van der Waals surface area contributed by atoms with Gasteiger partial charge in [0, 0.05) is 18.3 Å². The highest BCUT2D eigenvalue weighted by molar-refractivity contribution is 8.00. The summed E-state index contributed by atoms with van der Waals surface area (Å²) in [7, 11) is 0. The number of hydrogen-bond acceptors (Lipinski definition) is 3. The third-order valence-corrected chi connectivity index (χ3v) is 5.75. The quantitative estimate of drug-likeness (QED) is 0.900. The molecule has 2 atom stereocenters. The number of amides is 2. The molecule has 0 radical (unpaired) electrons. The van der Waals surface area contributed by atoms with E-state index in [1.807, 2.05) is 30.0 Å². The van der Waals surface area contributed by atoms with Gasteiger partial charge in [-0.15, -0.1) is 0 Å². The lowest BCUT2D eigenvalue weighted by Crippen LogP contribution is -2.48. The summed E-state index contributed by atoms with van der Waals surface area (Å²) in [6.07, 6.45) is 3.30. The lowest BCUT2D eigenvalue weighted by atomic mass is 9.93. The Kier molecular flexibility index (Phi) is 4.70. The first-order chi connectivity index (χ1) is 10.3. The van der Waals surface area contributed by atoms with Crippen LogP contribution in [0.2, 0.25) is 0 Å². The van der Waals surface area contributed by atoms with E-state index in [4.69, 9.17) is 0 Å². The number of nitrogens with zero attached hydrogens (tertiary/aromatic N) is 1. The predicted molar refractivity (Wildman–Crippen MR) is 85.6 cm³/mol. The van der Waals surface area contributed by atoms with Crippen molar-refractivity contribution in [3.63, 3.8) is 0 Å². The molecule has 5 heteroatoms. The number of rotatable bonds is 3. The molecule has 2 aliphatic heterocycles. The molecule has 2 N–H and O–H groups in total. The van der Waals surface area contributed by atoms with Crippen LogP contribution in [0.25, 0.3) is 0 Å². The number of aliphatic hydroxyl groups is 1. The molecule has 0 bridgehead atoms. The predicted octanol–water partition coefficient (Wildman–Crippen LogP) is 2.18. The third-order valence-electron chi connectivity index (χ3n) is 4.35. The Morgan fingerprint density at radius 1 is 1.43 bits per heavy atom. The van der Waals surface area contributed by atoms with Gasteiger partial charge in [0.15, 0.2) is 0 Å². The smallest absolute Gasteiger partial charge is 0.318 e. The molecule has 114 valence electrons. The lowest BCUT2D eigenvalue weighted by molar-refractivity contribution is 0.127. The van der Waals surface area contributed by atoms with Gasteiger partial charge in [0.05, 0.1) is 12.6 Å². The van der Waals surface area contributed by atoms with E-state index in [2.05, 4.69) is 11.4 Å². The van der Waals surface area contributed by atoms with Crippen molar-refractivity contribution < 1.29 is 9.90 Å². The van der Waals surface area contributed by atoms with Gasteiger partial charge in [-0.1, -0.05) is 24.3 Å². The van der Waals surface area contributed by atoms with Crippen molar-refractivity contribution >= 4 is 17.8 Å². The first-order valence-electron chi connectivity index (χ1n) is 7.64. The molecule has 1 saturated heterocycles. The minimum absolute atomic E-state index is 0.0252. The Balaban J connectivity index is 1.65. The summed E-state index contributed by atoms with van der Waals surface area (Å²) in [4.78, 5) is 14.2. The molecule has 1 aromatic carbocycles. The fraction of sp³-hybridized carbons (Fsp3) is 0.562. The maximum absolute atomic E-state index is 12.4. The third kappa shape index (κ3) is 3.19. The van der Waals surface area contributed by atoms with Crippen LogP contribution in [0.15, 0.2) is 24.3 Å². The number of hydrogen-bond donors (Lipinski definition) is 2. The zero-order valence-corrected chi connectivity index (χ0v) is 12.9. The van der Waals surface area contributed by atoms with Gasteiger partial charge < -0.3 is 15.3 Å². The Morgan fingerprint density at radius 3 is 3.05 bits per heavy atom.